The van der Waals surface area contributed by atoms with Crippen molar-refractivity contribution in [3.63, 3.8) is 0 Å². The highest BCUT2D eigenvalue weighted by Crippen LogP contribution is 2.18. The van der Waals surface area contributed by atoms with Gasteiger partial charge in [-0.25, -0.2) is 4.68 Å². The standard InChI is InChI=1S/C20H29N5O2/c1-24-20(22-19(16-26)23-24)21-10-3-6-13-27-18-9-7-8-17(14-18)15-25-11-4-2-5-12-25/h7-9,14,16H,2-6,10-13,15H2,1H3,(H,21,22,23). The maximum absolute atomic E-state index is 10.7. The van der Waals surface area contributed by atoms with Crippen molar-refractivity contribution in [2.24, 2.45) is 7.05 Å². The van der Waals surface area contributed by atoms with Gasteiger partial charge in [-0.1, -0.05) is 18.6 Å². The van der Waals surface area contributed by atoms with Crippen LogP contribution in [0.1, 0.15) is 48.3 Å². The Morgan fingerprint density at radius 2 is 2.07 bits per heavy atom. The summed E-state index contributed by atoms with van der Waals surface area (Å²) in [6, 6.07) is 8.45. The first-order valence-electron chi connectivity index (χ1n) is 9.79. The Kier molecular flexibility index (Phi) is 7.21. The molecule has 1 saturated heterocycles. The number of carbonyl (C=O) groups excluding carboxylic acids is 1. The average molecular weight is 371 g/mol. The molecule has 1 aromatic heterocycles. The Morgan fingerprint density at radius 1 is 1.22 bits per heavy atom. The van der Waals surface area contributed by atoms with E-state index in [1.807, 2.05) is 6.07 Å². The van der Waals surface area contributed by atoms with Gasteiger partial charge in [-0.3, -0.25) is 9.69 Å². The Balaban J connectivity index is 1.34. The first kappa shape index (κ1) is 19.4. The lowest BCUT2D eigenvalue weighted by molar-refractivity contribution is 0.111. The number of likely N-dealkylation sites (tertiary alicyclic amines) is 1. The Labute approximate surface area is 160 Å². The zero-order chi connectivity index (χ0) is 18.9. The number of piperidine rings is 1. The van der Waals surface area contributed by atoms with E-state index in [2.05, 4.69) is 38.5 Å². The molecule has 2 heterocycles. The quantitative estimate of drug-likeness (QED) is 0.511. The van der Waals surface area contributed by atoms with Crippen molar-refractivity contribution in [1.82, 2.24) is 19.7 Å². The fraction of sp³-hybridized carbons (Fsp3) is 0.550. The van der Waals surface area contributed by atoms with Crippen LogP contribution in [-0.4, -0.2) is 52.2 Å². The van der Waals surface area contributed by atoms with E-state index in [-0.39, 0.29) is 5.82 Å². The molecule has 0 amide bonds. The maximum Gasteiger partial charge on any atom is 0.221 e. The van der Waals surface area contributed by atoms with E-state index >= 15 is 0 Å². The number of rotatable bonds is 10. The van der Waals surface area contributed by atoms with E-state index in [4.69, 9.17) is 4.74 Å². The largest absolute Gasteiger partial charge is 0.494 e. The summed E-state index contributed by atoms with van der Waals surface area (Å²) in [6.07, 6.45) is 6.55. The van der Waals surface area contributed by atoms with Crippen LogP contribution in [0.15, 0.2) is 24.3 Å². The molecule has 0 radical (unpaired) electrons. The van der Waals surface area contributed by atoms with Crippen LogP contribution in [0.3, 0.4) is 0 Å². The van der Waals surface area contributed by atoms with Crippen molar-refractivity contribution >= 4 is 12.2 Å². The van der Waals surface area contributed by atoms with Gasteiger partial charge < -0.3 is 10.1 Å². The molecule has 146 valence electrons. The summed E-state index contributed by atoms with van der Waals surface area (Å²) in [4.78, 5) is 17.3. The summed E-state index contributed by atoms with van der Waals surface area (Å²) in [5, 5.41) is 7.17. The minimum atomic E-state index is 0.202. The number of anilines is 1. The number of aryl methyl sites for hydroxylation is 1. The fourth-order valence-corrected chi connectivity index (χ4v) is 3.33. The predicted octanol–water partition coefficient (Wildman–Crippen LogP) is 2.88. The van der Waals surface area contributed by atoms with Crippen LogP contribution in [0.4, 0.5) is 5.95 Å². The molecule has 3 rings (SSSR count). The monoisotopic (exact) mass is 371 g/mol. The van der Waals surface area contributed by atoms with Crippen LogP contribution in [-0.2, 0) is 13.6 Å². The molecule has 1 fully saturated rings. The van der Waals surface area contributed by atoms with Crippen molar-refractivity contribution in [3.05, 3.63) is 35.7 Å². The number of ether oxygens (including phenoxy) is 1. The zero-order valence-electron chi connectivity index (χ0n) is 16.1. The van der Waals surface area contributed by atoms with E-state index < -0.39 is 0 Å². The van der Waals surface area contributed by atoms with Crippen LogP contribution in [0, 0.1) is 0 Å². The topological polar surface area (TPSA) is 72.3 Å². The normalized spacial score (nSPS) is 14.9. The highest BCUT2D eigenvalue weighted by atomic mass is 16.5. The number of aromatic nitrogens is 3. The second-order valence-electron chi connectivity index (χ2n) is 7.00. The summed E-state index contributed by atoms with van der Waals surface area (Å²) < 4.78 is 7.49. The van der Waals surface area contributed by atoms with Crippen LogP contribution >= 0.6 is 0 Å². The molecular weight excluding hydrogens is 342 g/mol. The first-order chi connectivity index (χ1) is 13.2. The van der Waals surface area contributed by atoms with Crippen molar-refractivity contribution in [3.8, 4) is 5.75 Å². The Bertz CT molecular complexity index is 725. The van der Waals surface area contributed by atoms with E-state index in [0.717, 1.165) is 31.7 Å². The number of hydrogen-bond donors (Lipinski definition) is 1. The van der Waals surface area contributed by atoms with Crippen molar-refractivity contribution in [2.45, 2.75) is 38.6 Å². The molecule has 1 N–H and O–H groups in total. The lowest BCUT2D eigenvalue weighted by Gasteiger charge is -2.26. The molecule has 7 nitrogen and oxygen atoms in total. The minimum Gasteiger partial charge on any atom is -0.494 e. The van der Waals surface area contributed by atoms with E-state index in [1.165, 1.54) is 37.9 Å². The summed E-state index contributed by atoms with van der Waals surface area (Å²) in [6.45, 7) is 4.88. The minimum absolute atomic E-state index is 0.202. The lowest BCUT2D eigenvalue weighted by atomic mass is 10.1. The van der Waals surface area contributed by atoms with Crippen molar-refractivity contribution in [2.75, 3.05) is 31.6 Å². The third-order valence-electron chi connectivity index (χ3n) is 4.76. The zero-order valence-corrected chi connectivity index (χ0v) is 16.1. The molecule has 2 aromatic rings. The van der Waals surface area contributed by atoms with Gasteiger partial charge in [0.1, 0.15) is 5.75 Å². The van der Waals surface area contributed by atoms with Crippen LogP contribution in [0.2, 0.25) is 0 Å². The molecular formula is C20H29N5O2. The number of carbonyl (C=O) groups is 1. The van der Waals surface area contributed by atoms with Gasteiger partial charge in [0.15, 0.2) is 6.29 Å². The first-order valence-corrected chi connectivity index (χ1v) is 9.79. The molecule has 0 saturated carbocycles. The van der Waals surface area contributed by atoms with Gasteiger partial charge in [0.05, 0.1) is 6.61 Å². The van der Waals surface area contributed by atoms with E-state index in [9.17, 15) is 4.79 Å². The lowest BCUT2D eigenvalue weighted by Crippen LogP contribution is -2.29. The van der Waals surface area contributed by atoms with Gasteiger partial charge in [-0.15, -0.1) is 5.10 Å². The van der Waals surface area contributed by atoms with Gasteiger partial charge in [-0.2, -0.15) is 4.98 Å². The summed E-state index contributed by atoms with van der Waals surface area (Å²) in [5.41, 5.74) is 1.32. The van der Waals surface area contributed by atoms with Gasteiger partial charge >= 0.3 is 0 Å². The van der Waals surface area contributed by atoms with Crippen molar-refractivity contribution in [1.29, 1.82) is 0 Å². The number of aldehydes is 1. The second kappa shape index (κ2) is 10.1. The number of benzene rings is 1. The van der Waals surface area contributed by atoms with Crippen LogP contribution in [0.5, 0.6) is 5.75 Å². The number of unbranched alkanes of at least 4 members (excludes halogenated alkanes) is 1. The second-order valence-corrected chi connectivity index (χ2v) is 7.00. The number of nitrogens with zero attached hydrogens (tertiary/aromatic N) is 4. The number of hydrogen-bond acceptors (Lipinski definition) is 6. The highest BCUT2D eigenvalue weighted by molar-refractivity contribution is 5.69. The van der Waals surface area contributed by atoms with Gasteiger partial charge in [0.2, 0.25) is 11.8 Å². The van der Waals surface area contributed by atoms with Crippen LogP contribution < -0.4 is 10.1 Å². The molecule has 27 heavy (non-hydrogen) atoms. The highest BCUT2D eigenvalue weighted by Gasteiger charge is 2.10. The molecule has 0 atom stereocenters. The molecule has 7 heteroatoms. The Morgan fingerprint density at radius 3 is 2.85 bits per heavy atom. The van der Waals surface area contributed by atoms with Gasteiger partial charge in [0.25, 0.3) is 0 Å². The molecule has 1 aromatic carbocycles. The molecule has 0 bridgehead atoms. The molecule has 0 unspecified atom stereocenters. The molecule has 1 aliphatic rings. The maximum atomic E-state index is 10.7. The molecule has 0 spiro atoms. The average Bonchev–Trinajstić information content (AvgIpc) is 3.05. The summed E-state index contributed by atoms with van der Waals surface area (Å²) in [7, 11) is 1.77. The van der Waals surface area contributed by atoms with E-state index in [0.29, 0.717) is 18.8 Å². The summed E-state index contributed by atoms with van der Waals surface area (Å²) >= 11 is 0. The third kappa shape index (κ3) is 6.06. The van der Waals surface area contributed by atoms with Gasteiger partial charge in [0, 0.05) is 20.1 Å². The number of nitrogens with one attached hydrogen (secondary N) is 1. The van der Waals surface area contributed by atoms with E-state index in [1.54, 1.807) is 11.7 Å². The van der Waals surface area contributed by atoms with Crippen molar-refractivity contribution < 1.29 is 9.53 Å². The fourth-order valence-electron chi connectivity index (χ4n) is 3.33. The van der Waals surface area contributed by atoms with Crippen LogP contribution in [0.25, 0.3) is 0 Å². The molecule has 1 aliphatic heterocycles. The smallest absolute Gasteiger partial charge is 0.221 e. The van der Waals surface area contributed by atoms with Gasteiger partial charge in [-0.05, 0) is 56.5 Å². The SMILES string of the molecule is Cn1nc(C=O)nc1NCCCCOc1cccc(CN2CCCCC2)c1. The predicted molar refractivity (Wildman–Crippen MR) is 105 cm³/mol. The Hall–Kier alpha value is -2.41. The third-order valence-corrected chi connectivity index (χ3v) is 4.76. The molecule has 0 aliphatic carbocycles. The summed E-state index contributed by atoms with van der Waals surface area (Å²) in [5.74, 6) is 1.76.